The number of benzene rings is 1. The van der Waals surface area contributed by atoms with Crippen molar-refractivity contribution in [2.24, 2.45) is 0 Å². The van der Waals surface area contributed by atoms with Gasteiger partial charge in [0.1, 0.15) is 0 Å². The number of hydrogen-bond acceptors (Lipinski definition) is 1. The van der Waals surface area contributed by atoms with Crippen LogP contribution in [0.3, 0.4) is 0 Å². The fraction of sp³-hybridized carbons (Fsp3) is 0.533. The predicted octanol–water partition coefficient (Wildman–Crippen LogP) is 5.14. The Morgan fingerprint density at radius 1 is 1.37 bits per heavy atom. The molecule has 0 heterocycles. The van der Waals surface area contributed by atoms with Gasteiger partial charge in [0.2, 0.25) is 0 Å². The first kappa shape index (κ1) is 16.5. The molecule has 19 heavy (non-hydrogen) atoms. The van der Waals surface area contributed by atoms with E-state index in [0.29, 0.717) is 10.6 Å². The first-order chi connectivity index (χ1) is 8.97. The number of unbranched alkanes of at least 4 members (excludes halogenated alkanes) is 2. The Balaban J connectivity index is 2.89. The van der Waals surface area contributed by atoms with Crippen molar-refractivity contribution >= 4 is 33.4 Å². The Morgan fingerprint density at radius 2 is 2.05 bits per heavy atom. The average molecular weight is 347 g/mol. The summed E-state index contributed by atoms with van der Waals surface area (Å²) in [6.45, 7) is 7.02. The van der Waals surface area contributed by atoms with E-state index in [2.05, 4.69) is 22.9 Å². The lowest BCUT2D eigenvalue weighted by Crippen LogP contribution is -2.37. The largest absolute Gasteiger partial charge is 0.336 e. The third kappa shape index (κ3) is 4.81. The molecule has 0 aliphatic rings. The molecule has 0 atom stereocenters. The van der Waals surface area contributed by atoms with E-state index < -0.39 is 0 Å². The van der Waals surface area contributed by atoms with Crippen LogP contribution in [0, 0.1) is 0 Å². The first-order valence-electron chi connectivity index (χ1n) is 6.73. The van der Waals surface area contributed by atoms with E-state index in [0.717, 1.165) is 30.3 Å². The molecule has 0 N–H and O–H groups in total. The molecule has 1 amide bonds. The maximum atomic E-state index is 12.6. The van der Waals surface area contributed by atoms with Gasteiger partial charge in [0, 0.05) is 17.1 Å². The van der Waals surface area contributed by atoms with E-state index in [-0.39, 0.29) is 11.9 Å². The van der Waals surface area contributed by atoms with Gasteiger partial charge in [-0.1, -0.05) is 47.3 Å². The third-order valence-electron chi connectivity index (χ3n) is 3.05. The summed E-state index contributed by atoms with van der Waals surface area (Å²) in [5, 5.41) is 0.509. The maximum absolute atomic E-state index is 12.6. The van der Waals surface area contributed by atoms with Crippen molar-refractivity contribution in [3.63, 3.8) is 0 Å². The first-order valence-corrected chi connectivity index (χ1v) is 7.90. The minimum Gasteiger partial charge on any atom is -0.336 e. The van der Waals surface area contributed by atoms with Gasteiger partial charge in [-0.2, -0.15) is 0 Å². The van der Waals surface area contributed by atoms with Crippen LogP contribution < -0.4 is 0 Å². The highest BCUT2D eigenvalue weighted by molar-refractivity contribution is 9.10. The maximum Gasteiger partial charge on any atom is 0.255 e. The Bertz CT molecular complexity index is 434. The Labute approximate surface area is 129 Å². The van der Waals surface area contributed by atoms with Crippen LogP contribution in [0.2, 0.25) is 5.02 Å². The number of nitrogens with zero attached hydrogens (tertiary/aromatic N) is 1. The molecule has 1 rings (SSSR count). The van der Waals surface area contributed by atoms with Crippen LogP contribution >= 0.6 is 27.5 Å². The van der Waals surface area contributed by atoms with Gasteiger partial charge in [-0.15, -0.1) is 0 Å². The zero-order chi connectivity index (χ0) is 14.4. The normalized spacial score (nSPS) is 10.8. The molecule has 1 aromatic rings. The van der Waals surface area contributed by atoms with E-state index in [1.807, 2.05) is 24.8 Å². The molecule has 0 aliphatic heterocycles. The molecular weight excluding hydrogens is 326 g/mol. The molecule has 0 saturated heterocycles. The lowest BCUT2D eigenvalue weighted by molar-refractivity contribution is 0.0702. The molecule has 0 fully saturated rings. The van der Waals surface area contributed by atoms with E-state index in [9.17, 15) is 4.79 Å². The van der Waals surface area contributed by atoms with Crippen LogP contribution in [0.4, 0.5) is 0 Å². The molecule has 0 aromatic heterocycles. The predicted molar refractivity (Wildman–Crippen MR) is 84.8 cm³/mol. The summed E-state index contributed by atoms with van der Waals surface area (Å²) < 4.78 is 0.873. The molecule has 106 valence electrons. The SMILES string of the molecule is CCCCCN(C(=O)c1cc(Br)ccc1Cl)C(C)C. The van der Waals surface area contributed by atoms with Crippen molar-refractivity contribution in [1.29, 1.82) is 0 Å². The molecule has 0 bridgehead atoms. The molecule has 4 heteroatoms. The van der Waals surface area contributed by atoms with Gasteiger partial charge in [-0.25, -0.2) is 0 Å². The number of carbonyl (C=O) groups is 1. The fourth-order valence-electron chi connectivity index (χ4n) is 1.94. The van der Waals surface area contributed by atoms with Crippen molar-refractivity contribution in [3.05, 3.63) is 33.3 Å². The number of hydrogen-bond donors (Lipinski definition) is 0. The lowest BCUT2D eigenvalue weighted by Gasteiger charge is -2.27. The van der Waals surface area contributed by atoms with E-state index in [1.54, 1.807) is 12.1 Å². The van der Waals surface area contributed by atoms with E-state index in [4.69, 9.17) is 11.6 Å². The highest BCUT2D eigenvalue weighted by atomic mass is 79.9. The highest BCUT2D eigenvalue weighted by Crippen LogP contribution is 2.23. The van der Waals surface area contributed by atoms with Crippen molar-refractivity contribution < 1.29 is 4.79 Å². The number of carbonyl (C=O) groups excluding carboxylic acids is 1. The molecule has 1 aromatic carbocycles. The lowest BCUT2D eigenvalue weighted by atomic mass is 10.1. The number of halogens is 2. The standard InChI is InChI=1S/C15H21BrClNO/c1-4-5-6-9-18(11(2)3)15(19)13-10-12(16)7-8-14(13)17/h7-8,10-11H,4-6,9H2,1-3H3. The van der Waals surface area contributed by atoms with Crippen LogP contribution in [-0.4, -0.2) is 23.4 Å². The second kappa shape index (κ2) is 7.91. The van der Waals surface area contributed by atoms with Crippen LogP contribution in [0.15, 0.2) is 22.7 Å². The fourth-order valence-corrected chi connectivity index (χ4v) is 2.50. The van der Waals surface area contributed by atoms with Gasteiger partial charge in [-0.05, 0) is 38.5 Å². The summed E-state index contributed by atoms with van der Waals surface area (Å²) in [6.07, 6.45) is 3.33. The molecule has 0 aliphatic carbocycles. The van der Waals surface area contributed by atoms with E-state index in [1.165, 1.54) is 0 Å². The van der Waals surface area contributed by atoms with Crippen molar-refractivity contribution in [2.75, 3.05) is 6.54 Å². The van der Waals surface area contributed by atoms with Crippen molar-refractivity contribution in [2.45, 2.75) is 46.1 Å². The third-order valence-corrected chi connectivity index (χ3v) is 3.87. The summed E-state index contributed by atoms with van der Waals surface area (Å²) in [5.41, 5.74) is 0.571. The van der Waals surface area contributed by atoms with Crippen molar-refractivity contribution in [3.8, 4) is 0 Å². The Kier molecular flexibility index (Phi) is 6.87. The van der Waals surface area contributed by atoms with Gasteiger partial charge in [0.25, 0.3) is 5.91 Å². The quantitative estimate of drug-likeness (QED) is 0.653. The summed E-state index contributed by atoms with van der Waals surface area (Å²) in [5.74, 6) is 0.0115. The Hall–Kier alpha value is -0.540. The minimum absolute atomic E-state index is 0.0115. The minimum atomic E-state index is 0.0115. The van der Waals surface area contributed by atoms with Gasteiger partial charge >= 0.3 is 0 Å². The van der Waals surface area contributed by atoms with Crippen molar-refractivity contribution in [1.82, 2.24) is 4.90 Å². The van der Waals surface area contributed by atoms with Gasteiger partial charge in [-0.3, -0.25) is 4.79 Å². The molecule has 0 radical (unpaired) electrons. The second-order valence-electron chi connectivity index (χ2n) is 4.92. The van der Waals surface area contributed by atoms with Gasteiger partial charge < -0.3 is 4.90 Å². The van der Waals surface area contributed by atoms with Crippen LogP contribution in [0.25, 0.3) is 0 Å². The topological polar surface area (TPSA) is 20.3 Å². The Morgan fingerprint density at radius 3 is 2.63 bits per heavy atom. The monoisotopic (exact) mass is 345 g/mol. The van der Waals surface area contributed by atoms with Crippen LogP contribution in [0.1, 0.15) is 50.4 Å². The average Bonchev–Trinajstić information content (AvgIpc) is 2.36. The molecular formula is C15H21BrClNO. The van der Waals surface area contributed by atoms with E-state index >= 15 is 0 Å². The molecule has 2 nitrogen and oxygen atoms in total. The van der Waals surface area contributed by atoms with Gasteiger partial charge in [0.05, 0.1) is 10.6 Å². The summed E-state index contributed by atoms with van der Waals surface area (Å²) in [6, 6.07) is 5.57. The second-order valence-corrected chi connectivity index (χ2v) is 6.25. The number of rotatable bonds is 6. The number of amides is 1. The smallest absolute Gasteiger partial charge is 0.255 e. The summed E-state index contributed by atoms with van der Waals surface area (Å²) in [4.78, 5) is 14.5. The van der Waals surface area contributed by atoms with Crippen LogP contribution in [0.5, 0.6) is 0 Å². The summed E-state index contributed by atoms with van der Waals surface area (Å²) >= 11 is 9.52. The van der Waals surface area contributed by atoms with Gasteiger partial charge in [0.15, 0.2) is 0 Å². The molecule has 0 unspecified atom stereocenters. The zero-order valence-corrected chi connectivity index (χ0v) is 14.1. The summed E-state index contributed by atoms with van der Waals surface area (Å²) in [7, 11) is 0. The highest BCUT2D eigenvalue weighted by Gasteiger charge is 2.20. The van der Waals surface area contributed by atoms with Crippen LogP contribution in [-0.2, 0) is 0 Å². The zero-order valence-electron chi connectivity index (χ0n) is 11.7. The molecule has 0 spiro atoms. The molecule has 0 saturated carbocycles.